The van der Waals surface area contributed by atoms with Crippen LogP contribution in [0.5, 0.6) is 0 Å². The Bertz CT molecular complexity index is 2070. The van der Waals surface area contributed by atoms with Crippen molar-refractivity contribution in [3.8, 4) is 0 Å². The zero-order valence-electron chi connectivity index (χ0n) is 26.6. The second kappa shape index (κ2) is 11.1. The van der Waals surface area contributed by atoms with Crippen LogP contribution in [0.15, 0.2) is 48.5 Å². The number of imide groups is 2. The molecule has 5 aromatic rings. The third-order valence-corrected chi connectivity index (χ3v) is 11.2. The molecule has 4 heterocycles. The van der Waals surface area contributed by atoms with Gasteiger partial charge in [-0.2, -0.15) is 0 Å². The second-order valence-electron chi connectivity index (χ2n) is 13.8. The summed E-state index contributed by atoms with van der Waals surface area (Å²) in [6.45, 7) is 6.24. The molecule has 0 radical (unpaired) electrons. The highest BCUT2D eigenvalue weighted by molar-refractivity contribution is 6.39. The Morgan fingerprint density at radius 1 is 0.426 bits per heavy atom. The first kappa shape index (κ1) is 28.8. The highest BCUT2D eigenvalue weighted by Gasteiger charge is 2.36. The standard InChI is InChI=1S/C39H38N4O4/c44-32-23-24-7-8-25-27-10-13-30-36-31(39(47)43(38(30)46)22-20-41-17-5-2-6-18-41)14-11-28(35(27)36)26-9-12-29(33(24)34(25)26)37(45)42(32)21-19-40-15-3-1-4-16-40/h7-14H,1-6,15-23H2. The number of rotatable bonds is 6. The number of hydrogen-bond acceptors (Lipinski definition) is 6. The summed E-state index contributed by atoms with van der Waals surface area (Å²) in [7, 11) is 0. The Labute approximate surface area is 273 Å². The van der Waals surface area contributed by atoms with E-state index in [-0.39, 0.29) is 30.0 Å². The summed E-state index contributed by atoms with van der Waals surface area (Å²) in [5, 5.41) is 7.26. The molecule has 4 aliphatic rings. The summed E-state index contributed by atoms with van der Waals surface area (Å²) in [6, 6.07) is 15.7. The van der Waals surface area contributed by atoms with Crippen LogP contribution in [0.2, 0.25) is 0 Å². The number of fused-ring (bicyclic) bond motifs is 2. The van der Waals surface area contributed by atoms with Crippen molar-refractivity contribution in [2.45, 2.75) is 44.9 Å². The summed E-state index contributed by atoms with van der Waals surface area (Å²) in [4.78, 5) is 63.0. The molecule has 8 nitrogen and oxygen atoms in total. The zero-order valence-corrected chi connectivity index (χ0v) is 26.6. The molecule has 0 saturated carbocycles. The van der Waals surface area contributed by atoms with Gasteiger partial charge < -0.3 is 9.80 Å². The van der Waals surface area contributed by atoms with E-state index in [1.165, 1.54) is 22.6 Å². The van der Waals surface area contributed by atoms with Crippen molar-refractivity contribution < 1.29 is 19.2 Å². The molecule has 0 aromatic heterocycles. The minimum Gasteiger partial charge on any atom is -0.302 e. The number of piperidine rings is 2. The van der Waals surface area contributed by atoms with Crippen LogP contribution < -0.4 is 0 Å². The lowest BCUT2D eigenvalue weighted by atomic mass is 9.83. The topological polar surface area (TPSA) is 81.2 Å². The van der Waals surface area contributed by atoms with Crippen LogP contribution in [0.4, 0.5) is 0 Å². The summed E-state index contributed by atoms with van der Waals surface area (Å²) in [5.74, 6) is -0.850. The van der Waals surface area contributed by atoms with Gasteiger partial charge in [-0.1, -0.05) is 43.2 Å². The maximum Gasteiger partial charge on any atom is 0.261 e. The van der Waals surface area contributed by atoms with Gasteiger partial charge in [-0.3, -0.25) is 29.0 Å². The fourth-order valence-corrected chi connectivity index (χ4v) is 8.82. The summed E-state index contributed by atoms with van der Waals surface area (Å²) < 4.78 is 0. The SMILES string of the molecule is O=C1Cc2ccc3c4ccc5c6c(ccc(c7ccc(c2c37)C(=O)N1CCN1CCCCC1)c64)C(=O)N(CCN1CCCCC1)C5=O. The van der Waals surface area contributed by atoms with Gasteiger partial charge in [0, 0.05) is 48.3 Å². The average molecular weight is 627 g/mol. The van der Waals surface area contributed by atoms with E-state index in [4.69, 9.17) is 0 Å². The van der Waals surface area contributed by atoms with Crippen molar-refractivity contribution in [3.05, 3.63) is 70.8 Å². The van der Waals surface area contributed by atoms with E-state index in [9.17, 15) is 19.2 Å². The van der Waals surface area contributed by atoms with Crippen molar-refractivity contribution >= 4 is 66.7 Å². The Morgan fingerprint density at radius 3 is 1.38 bits per heavy atom. The molecule has 4 amide bonds. The molecule has 2 saturated heterocycles. The molecule has 0 spiro atoms. The maximum atomic E-state index is 14.1. The van der Waals surface area contributed by atoms with Crippen LogP contribution in [-0.2, 0) is 11.2 Å². The molecule has 0 bridgehead atoms. The molecular formula is C39H38N4O4. The minimum absolute atomic E-state index is 0.156. The predicted molar refractivity (Wildman–Crippen MR) is 183 cm³/mol. The Kier molecular flexibility index (Phi) is 6.80. The number of likely N-dealkylation sites (tertiary alicyclic amines) is 2. The lowest BCUT2D eigenvalue weighted by Crippen LogP contribution is -2.45. The van der Waals surface area contributed by atoms with E-state index in [2.05, 4.69) is 15.9 Å². The largest absolute Gasteiger partial charge is 0.302 e. The van der Waals surface area contributed by atoms with Gasteiger partial charge in [0.1, 0.15) is 0 Å². The van der Waals surface area contributed by atoms with Crippen molar-refractivity contribution in [1.29, 1.82) is 0 Å². The van der Waals surface area contributed by atoms with Gasteiger partial charge >= 0.3 is 0 Å². The number of hydrogen-bond donors (Lipinski definition) is 0. The predicted octanol–water partition coefficient (Wildman–Crippen LogP) is 5.83. The van der Waals surface area contributed by atoms with E-state index < -0.39 is 0 Å². The Hall–Kier alpha value is -4.40. The van der Waals surface area contributed by atoms with Crippen molar-refractivity contribution in [2.24, 2.45) is 0 Å². The summed E-state index contributed by atoms with van der Waals surface area (Å²) in [5.41, 5.74) is 2.56. The number of benzene rings is 5. The molecule has 238 valence electrons. The lowest BCUT2D eigenvalue weighted by molar-refractivity contribution is -0.128. The first-order chi connectivity index (χ1) is 23.0. The van der Waals surface area contributed by atoms with Crippen LogP contribution in [0.1, 0.15) is 75.2 Å². The van der Waals surface area contributed by atoms with Gasteiger partial charge in [-0.25, -0.2) is 0 Å². The van der Waals surface area contributed by atoms with Gasteiger partial charge in [0.25, 0.3) is 17.7 Å². The molecule has 2 fully saturated rings. The summed E-state index contributed by atoms with van der Waals surface area (Å²) >= 11 is 0. The van der Waals surface area contributed by atoms with Crippen LogP contribution in [0.25, 0.3) is 43.1 Å². The molecule has 47 heavy (non-hydrogen) atoms. The normalized spacial score (nSPS) is 19.7. The Morgan fingerprint density at radius 2 is 0.851 bits per heavy atom. The summed E-state index contributed by atoms with van der Waals surface area (Å²) in [6.07, 6.45) is 7.30. The molecule has 0 aliphatic carbocycles. The molecular weight excluding hydrogens is 588 g/mol. The second-order valence-corrected chi connectivity index (χ2v) is 13.8. The van der Waals surface area contributed by atoms with Gasteiger partial charge in [-0.15, -0.1) is 0 Å². The van der Waals surface area contributed by atoms with E-state index in [0.29, 0.717) is 42.9 Å². The molecule has 9 rings (SSSR count). The van der Waals surface area contributed by atoms with Crippen LogP contribution in [0, 0.1) is 0 Å². The molecule has 5 aromatic carbocycles. The number of nitrogens with zero attached hydrogens (tertiary/aromatic N) is 4. The van der Waals surface area contributed by atoms with Gasteiger partial charge in [-0.05, 0) is 113 Å². The monoisotopic (exact) mass is 626 g/mol. The quantitative estimate of drug-likeness (QED) is 0.134. The van der Waals surface area contributed by atoms with Crippen molar-refractivity contribution in [2.75, 3.05) is 52.4 Å². The molecule has 0 N–H and O–H groups in total. The molecule has 4 aliphatic heterocycles. The molecule has 0 atom stereocenters. The highest BCUT2D eigenvalue weighted by atomic mass is 16.2. The third-order valence-electron chi connectivity index (χ3n) is 11.2. The molecule has 0 unspecified atom stereocenters. The Balaban J connectivity index is 1.15. The van der Waals surface area contributed by atoms with E-state index in [0.717, 1.165) is 101 Å². The van der Waals surface area contributed by atoms with Gasteiger partial charge in [0.15, 0.2) is 0 Å². The first-order valence-electron chi connectivity index (χ1n) is 17.3. The fourth-order valence-electron chi connectivity index (χ4n) is 8.82. The highest BCUT2D eigenvalue weighted by Crippen LogP contribution is 2.45. The minimum atomic E-state index is -0.232. The molecule has 8 heteroatoms. The van der Waals surface area contributed by atoms with E-state index >= 15 is 0 Å². The van der Waals surface area contributed by atoms with Crippen molar-refractivity contribution in [3.63, 3.8) is 0 Å². The number of amides is 4. The van der Waals surface area contributed by atoms with Gasteiger partial charge in [0.05, 0.1) is 6.42 Å². The fraction of sp³-hybridized carbons (Fsp3) is 0.385. The van der Waals surface area contributed by atoms with Crippen LogP contribution >= 0.6 is 0 Å². The van der Waals surface area contributed by atoms with Crippen molar-refractivity contribution in [1.82, 2.24) is 19.6 Å². The maximum absolute atomic E-state index is 14.1. The van der Waals surface area contributed by atoms with E-state index in [1.54, 1.807) is 0 Å². The lowest BCUT2D eigenvalue weighted by Gasteiger charge is -2.32. The first-order valence-corrected chi connectivity index (χ1v) is 17.3. The van der Waals surface area contributed by atoms with Gasteiger partial charge in [0.2, 0.25) is 5.91 Å². The van der Waals surface area contributed by atoms with E-state index in [1.807, 2.05) is 42.5 Å². The zero-order chi connectivity index (χ0) is 31.8. The third kappa shape index (κ3) is 4.41. The van der Waals surface area contributed by atoms with Crippen LogP contribution in [0.3, 0.4) is 0 Å². The number of carbonyl (C=O) groups excluding carboxylic acids is 4. The smallest absolute Gasteiger partial charge is 0.261 e. The van der Waals surface area contributed by atoms with Crippen LogP contribution in [-0.4, -0.2) is 95.6 Å². The number of carbonyl (C=O) groups is 4. The average Bonchev–Trinajstić information content (AvgIpc) is 3.20.